The Morgan fingerprint density at radius 1 is 1.28 bits per heavy atom. The predicted octanol–water partition coefficient (Wildman–Crippen LogP) is 3.57. The van der Waals surface area contributed by atoms with Gasteiger partial charge in [0.05, 0.1) is 10.6 Å². The van der Waals surface area contributed by atoms with Gasteiger partial charge in [0.2, 0.25) is 12.7 Å². The van der Waals surface area contributed by atoms with Crippen molar-refractivity contribution in [1.29, 1.82) is 0 Å². The molecule has 4 rings (SSSR count). The second-order valence-electron chi connectivity index (χ2n) is 7.06. The summed E-state index contributed by atoms with van der Waals surface area (Å²) in [5.41, 5.74) is 1.06. The molecule has 0 bridgehead atoms. The van der Waals surface area contributed by atoms with E-state index in [0.29, 0.717) is 22.8 Å². The van der Waals surface area contributed by atoms with E-state index in [0.717, 1.165) is 0 Å². The number of carbonyl (C=O) groups excluding carboxylic acids is 2. The third-order valence-electron chi connectivity index (χ3n) is 5.00. The van der Waals surface area contributed by atoms with Crippen molar-refractivity contribution < 1.29 is 32.0 Å². The van der Waals surface area contributed by atoms with Gasteiger partial charge in [0.15, 0.2) is 23.0 Å². The Hall–Kier alpha value is -2.89. The molecule has 12 heteroatoms. The molecule has 1 unspecified atom stereocenters. The van der Waals surface area contributed by atoms with Crippen LogP contribution in [0.3, 0.4) is 0 Å². The molecule has 0 radical (unpaired) electrons. The Kier molecular flexibility index (Phi) is 5.74. The maximum atomic E-state index is 13.4. The summed E-state index contributed by atoms with van der Waals surface area (Å²) in [4.78, 5) is 25.9. The van der Waals surface area contributed by atoms with E-state index in [1.165, 1.54) is 35.8 Å². The van der Waals surface area contributed by atoms with Crippen molar-refractivity contribution in [2.24, 2.45) is 0 Å². The number of hydrogen-bond donors (Lipinski definition) is 1. The van der Waals surface area contributed by atoms with Crippen molar-refractivity contribution in [2.45, 2.75) is 31.6 Å². The fourth-order valence-electron chi connectivity index (χ4n) is 3.48. The smallest absolute Gasteiger partial charge is 0.264 e. The van der Waals surface area contributed by atoms with Gasteiger partial charge in [-0.3, -0.25) is 9.59 Å². The highest BCUT2D eigenvalue weighted by molar-refractivity contribution is 7.90. The molecule has 9 nitrogen and oxygen atoms in total. The second-order valence-corrected chi connectivity index (χ2v) is 9.90. The van der Waals surface area contributed by atoms with E-state index in [1.807, 2.05) is 0 Å². The number of halogens is 1. The summed E-state index contributed by atoms with van der Waals surface area (Å²) in [6.07, 6.45) is 0. The minimum Gasteiger partial charge on any atom is -0.454 e. The number of Topliss-reactive ketones (excluding diaryl/α,β-unsaturated/α-hetero) is 1. The molecule has 3 aromatic rings. The molecule has 0 saturated carbocycles. The number of ketones is 1. The number of rotatable bonds is 6. The minimum atomic E-state index is -4.18. The Labute approximate surface area is 192 Å². The van der Waals surface area contributed by atoms with Gasteiger partial charge in [0.1, 0.15) is 10.9 Å². The number of nitrogens with one attached hydrogen (secondary N) is 1. The van der Waals surface area contributed by atoms with Gasteiger partial charge in [-0.25, -0.2) is 13.1 Å². The summed E-state index contributed by atoms with van der Waals surface area (Å²) in [5.74, 6) is -2.12. The molecule has 32 heavy (non-hydrogen) atoms. The van der Waals surface area contributed by atoms with Crippen LogP contribution in [0.15, 0.2) is 32.3 Å². The molecule has 168 valence electrons. The summed E-state index contributed by atoms with van der Waals surface area (Å²) in [5, 5.41) is 6.80. The first-order valence-corrected chi connectivity index (χ1v) is 12.1. The average molecular weight is 497 g/mol. The molecule has 1 aliphatic heterocycles. The van der Waals surface area contributed by atoms with Crippen molar-refractivity contribution in [2.75, 3.05) is 6.79 Å². The molecule has 1 aromatic carbocycles. The van der Waals surface area contributed by atoms with E-state index in [9.17, 15) is 18.0 Å². The Morgan fingerprint density at radius 2 is 2.03 bits per heavy atom. The van der Waals surface area contributed by atoms with E-state index in [-0.39, 0.29) is 39.4 Å². The van der Waals surface area contributed by atoms with Gasteiger partial charge in [0.25, 0.3) is 10.0 Å². The average Bonchev–Trinajstić information content (AvgIpc) is 3.47. The fourth-order valence-corrected chi connectivity index (χ4v) is 5.68. The number of nitrogens with zero attached hydrogens (tertiary/aromatic N) is 1. The van der Waals surface area contributed by atoms with Crippen LogP contribution in [0.4, 0.5) is 0 Å². The number of fused-ring (bicyclic) bond motifs is 1. The van der Waals surface area contributed by atoms with Gasteiger partial charge in [-0.2, -0.15) is 11.3 Å². The van der Waals surface area contributed by atoms with Crippen molar-refractivity contribution in [1.82, 2.24) is 9.88 Å². The number of aromatic nitrogens is 1. The highest BCUT2D eigenvalue weighted by Gasteiger charge is 2.38. The molecule has 1 atom stereocenters. The van der Waals surface area contributed by atoms with Crippen LogP contribution >= 0.6 is 22.9 Å². The van der Waals surface area contributed by atoms with Gasteiger partial charge >= 0.3 is 0 Å². The van der Waals surface area contributed by atoms with Gasteiger partial charge in [-0.1, -0.05) is 16.8 Å². The molecule has 0 spiro atoms. The normalized spacial score (nSPS) is 13.8. The molecular weight excluding hydrogens is 480 g/mol. The zero-order valence-corrected chi connectivity index (χ0v) is 19.5. The maximum Gasteiger partial charge on any atom is 0.264 e. The lowest BCUT2D eigenvalue weighted by atomic mass is 9.85. The monoisotopic (exact) mass is 496 g/mol. The molecule has 1 aliphatic rings. The molecule has 0 aliphatic carbocycles. The first-order chi connectivity index (χ1) is 15.1. The highest BCUT2D eigenvalue weighted by atomic mass is 35.5. The molecule has 0 fully saturated rings. The second kappa shape index (κ2) is 8.23. The first kappa shape index (κ1) is 22.3. The molecule has 1 N–H and O–H groups in total. The number of carbonyl (C=O) groups is 2. The van der Waals surface area contributed by atoms with Crippen molar-refractivity contribution in [3.05, 3.63) is 56.1 Å². The van der Waals surface area contributed by atoms with E-state index in [2.05, 4.69) is 9.88 Å². The lowest BCUT2D eigenvalue weighted by Crippen LogP contribution is -2.35. The molecule has 0 saturated heterocycles. The number of hydrogen-bond acceptors (Lipinski definition) is 9. The zero-order chi connectivity index (χ0) is 23.2. The quantitative estimate of drug-likeness (QED) is 0.513. The van der Waals surface area contributed by atoms with Crippen LogP contribution in [0.2, 0.25) is 5.02 Å². The van der Waals surface area contributed by atoms with Gasteiger partial charge in [0, 0.05) is 16.5 Å². The minimum absolute atomic E-state index is 0.0460. The van der Waals surface area contributed by atoms with Crippen LogP contribution in [0.5, 0.6) is 11.5 Å². The van der Waals surface area contributed by atoms with Crippen LogP contribution in [0.25, 0.3) is 0 Å². The number of amides is 1. The van der Waals surface area contributed by atoms with Crippen LogP contribution in [-0.4, -0.2) is 32.1 Å². The van der Waals surface area contributed by atoms with E-state index < -0.39 is 21.8 Å². The van der Waals surface area contributed by atoms with Crippen molar-refractivity contribution in [3.63, 3.8) is 0 Å². The Morgan fingerprint density at radius 3 is 2.62 bits per heavy atom. The zero-order valence-electron chi connectivity index (χ0n) is 17.1. The standard InChI is InChI=1S/C20H17ClN2O7S2/c1-9-15(13(11(3)24)6-14-18(9)29-8-28-14)16(19-17(21)10(2)22-30-19)20(25)23-32(26,27)12-4-5-31-7-12/h4-7,16H,8H2,1-3H3,(H,23,25). The first-order valence-electron chi connectivity index (χ1n) is 9.26. The topological polar surface area (TPSA) is 125 Å². The van der Waals surface area contributed by atoms with Crippen molar-refractivity contribution >= 4 is 44.7 Å². The molecule has 1 amide bonds. The van der Waals surface area contributed by atoms with Crippen LogP contribution in [0, 0.1) is 13.8 Å². The summed E-state index contributed by atoms with van der Waals surface area (Å²) in [7, 11) is -4.18. The Bertz CT molecular complexity index is 1330. The van der Waals surface area contributed by atoms with E-state index in [1.54, 1.807) is 19.2 Å². The molecule has 2 aromatic heterocycles. The molecule has 3 heterocycles. The number of thiophene rings is 1. The highest BCUT2D eigenvalue weighted by Crippen LogP contribution is 2.44. The molecular formula is C20H17ClN2O7S2. The summed E-state index contributed by atoms with van der Waals surface area (Å²) >= 11 is 7.51. The number of sulfonamides is 1. The Balaban J connectivity index is 1.92. The third kappa shape index (κ3) is 3.76. The van der Waals surface area contributed by atoms with Crippen LogP contribution in [-0.2, 0) is 14.8 Å². The van der Waals surface area contributed by atoms with Crippen LogP contribution in [0.1, 0.15) is 45.8 Å². The SMILES string of the molecule is CC(=O)c1cc2c(c(C)c1C(C(=O)NS(=O)(=O)c1ccsc1)c1onc(C)c1Cl)OCO2. The fraction of sp³-hybridized carbons (Fsp3) is 0.250. The van der Waals surface area contributed by atoms with Gasteiger partial charge in [-0.05, 0) is 43.8 Å². The van der Waals surface area contributed by atoms with Gasteiger partial charge < -0.3 is 14.0 Å². The van der Waals surface area contributed by atoms with Crippen molar-refractivity contribution in [3.8, 4) is 11.5 Å². The van der Waals surface area contributed by atoms with E-state index in [4.69, 9.17) is 25.6 Å². The maximum absolute atomic E-state index is 13.4. The summed E-state index contributed by atoms with van der Waals surface area (Å²) in [6, 6.07) is 2.82. The lowest BCUT2D eigenvalue weighted by Gasteiger charge is -2.21. The summed E-state index contributed by atoms with van der Waals surface area (Å²) in [6.45, 7) is 4.48. The lowest BCUT2D eigenvalue weighted by molar-refractivity contribution is -0.120. The summed E-state index contributed by atoms with van der Waals surface area (Å²) < 4.78 is 43.8. The number of benzene rings is 1. The number of ether oxygens (including phenoxy) is 2. The predicted molar refractivity (Wildman–Crippen MR) is 115 cm³/mol. The third-order valence-corrected chi connectivity index (χ3v) is 7.64. The number of aryl methyl sites for hydroxylation is 1. The van der Waals surface area contributed by atoms with Gasteiger partial charge in [-0.15, -0.1) is 0 Å². The largest absolute Gasteiger partial charge is 0.454 e. The van der Waals surface area contributed by atoms with Crippen LogP contribution < -0.4 is 14.2 Å². The van der Waals surface area contributed by atoms with E-state index >= 15 is 0 Å².